The minimum atomic E-state index is -0.914. The molecule has 1 unspecified atom stereocenters. The fourth-order valence-electron chi connectivity index (χ4n) is 3.50. The topological polar surface area (TPSA) is 74.5 Å². The van der Waals surface area contributed by atoms with Gasteiger partial charge in [0.2, 0.25) is 5.91 Å². The van der Waals surface area contributed by atoms with E-state index in [0.717, 1.165) is 24.5 Å². The first-order valence-corrected chi connectivity index (χ1v) is 9.08. The SMILES string of the molecule is Cc1ccn(CCC(=O)N(C)CC2(O)CCCN(c3ccccn3)C2)n1. The van der Waals surface area contributed by atoms with Gasteiger partial charge in [-0.25, -0.2) is 4.98 Å². The summed E-state index contributed by atoms with van der Waals surface area (Å²) >= 11 is 0. The van der Waals surface area contributed by atoms with Crippen LogP contribution in [0.4, 0.5) is 5.82 Å². The zero-order chi connectivity index (χ0) is 18.6. The summed E-state index contributed by atoms with van der Waals surface area (Å²) in [6, 6.07) is 7.70. The van der Waals surface area contributed by atoms with Crippen molar-refractivity contribution in [2.24, 2.45) is 0 Å². The summed E-state index contributed by atoms with van der Waals surface area (Å²) in [4.78, 5) is 20.5. The second kappa shape index (κ2) is 7.86. The second-order valence-electron chi connectivity index (χ2n) is 7.16. The molecule has 7 nitrogen and oxygen atoms in total. The third-order valence-corrected chi connectivity index (χ3v) is 4.81. The van der Waals surface area contributed by atoms with Crippen LogP contribution in [0.5, 0.6) is 0 Å². The van der Waals surface area contributed by atoms with Gasteiger partial charge in [-0.3, -0.25) is 9.48 Å². The molecular weight excluding hydrogens is 330 g/mol. The largest absolute Gasteiger partial charge is 0.386 e. The monoisotopic (exact) mass is 357 g/mol. The minimum absolute atomic E-state index is 0.0153. The molecule has 0 bridgehead atoms. The number of pyridine rings is 1. The molecule has 1 aliphatic heterocycles. The lowest BCUT2D eigenvalue weighted by molar-refractivity contribution is -0.133. The molecule has 2 aromatic heterocycles. The number of carbonyl (C=O) groups excluding carboxylic acids is 1. The van der Waals surface area contributed by atoms with Crippen LogP contribution in [-0.4, -0.2) is 63.0 Å². The number of hydrogen-bond donors (Lipinski definition) is 1. The fourth-order valence-corrected chi connectivity index (χ4v) is 3.50. The van der Waals surface area contributed by atoms with Gasteiger partial charge in [0.1, 0.15) is 5.82 Å². The Kier molecular flexibility index (Phi) is 5.56. The fraction of sp³-hybridized carbons (Fsp3) is 0.526. The van der Waals surface area contributed by atoms with Gasteiger partial charge in [-0.1, -0.05) is 6.07 Å². The molecule has 1 fully saturated rings. The van der Waals surface area contributed by atoms with Gasteiger partial charge in [-0.05, 0) is 38.0 Å². The maximum absolute atomic E-state index is 12.4. The summed E-state index contributed by atoms with van der Waals surface area (Å²) in [5, 5.41) is 15.3. The molecule has 0 aromatic carbocycles. The van der Waals surface area contributed by atoms with Crippen LogP contribution in [0.2, 0.25) is 0 Å². The predicted octanol–water partition coefficient (Wildman–Crippen LogP) is 1.47. The molecule has 1 aliphatic rings. The summed E-state index contributed by atoms with van der Waals surface area (Å²) in [5.41, 5.74) is 0.0274. The average Bonchev–Trinajstić information content (AvgIpc) is 3.05. The van der Waals surface area contributed by atoms with Crippen molar-refractivity contribution in [1.82, 2.24) is 19.7 Å². The van der Waals surface area contributed by atoms with Crippen molar-refractivity contribution in [1.29, 1.82) is 0 Å². The normalized spacial score (nSPS) is 20.2. The molecule has 26 heavy (non-hydrogen) atoms. The molecule has 140 valence electrons. The number of β-amino-alcohol motifs (C(OH)–C–C–N with tert-alkyl or cyclic N) is 1. The van der Waals surface area contributed by atoms with Crippen LogP contribution >= 0.6 is 0 Å². The van der Waals surface area contributed by atoms with Crippen LogP contribution in [0.3, 0.4) is 0 Å². The second-order valence-corrected chi connectivity index (χ2v) is 7.16. The number of likely N-dealkylation sites (N-methyl/N-ethyl adjacent to an activating group) is 1. The maximum Gasteiger partial charge on any atom is 0.224 e. The first-order valence-electron chi connectivity index (χ1n) is 9.08. The lowest BCUT2D eigenvalue weighted by Crippen LogP contribution is -2.55. The minimum Gasteiger partial charge on any atom is -0.386 e. The molecule has 3 heterocycles. The van der Waals surface area contributed by atoms with Gasteiger partial charge < -0.3 is 14.9 Å². The van der Waals surface area contributed by atoms with E-state index in [1.165, 1.54) is 0 Å². The lowest BCUT2D eigenvalue weighted by atomic mass is 9.92. The van der Waals surface area contributed by atoms with Crippen molar-refractivity contribution in [2.45, 2.75) is 38.3 Å². The van der Waals surface area contributed by atoms with Gasteiger partial charge in [0.05, 0.1) is 17.8 Å². The molecule has 0 saturated carbocycles. The zero-order valence-corrected chi connectivity index (χ0v) is 15.5. The molecule has 7 heteroatoms. The van der Waals surface area contributed by atoms with E-state index in [1.807, 2.05) is 37.4 Å². The van der Waals surface area contributed by atoms with Crippen molar-refractivity contribution in [2.75, 3.05) is 31.6 Å². The molecule has 1 atom stereocenters. The van der Waals surface area contributed by atoms with Gasteiger partial charge in [-0.15, -0.1) is 0 Å². The van der Waals surface area contributed by atoms with E-state index in [0.29, 0.717) is 32.5 Å². The molecule has 1 amide bonds. The number of aliphatic hydroxyl groups is 1. The Morgan fingerprint density at radius 1 is 1.38 bits per heavy atom. The molecule has 0 spiro atoms. The van der Waals surface area contributed by atoms with Crippen LogP contribution < -0.4 is 4.90 Å². The Labute approximate surface area is 154 Å². The van der Waals surface area contributed by atoms with Gasteiger partial charge in [0.15, 0.2) is 0 Å². The molecule has 2 aromatic rings. The van der Waals surface area contributed by atoms with E-state index >= 15 is 0 Å². The quantitative estimate of drug-likeness (QED) is 0.847. The van der Waals surface area contributed by atoms with Crippen molar-refractivity contribution >= 4 is 11.7 Å². The summed E-state index contributed by atoms with van der Waals surface area (Å²) in [5.74, 6) is 0.884. The van der Waals surface area contributed by atoms with Gasteiger partial charge in [0, 0.05) is 45.5 Å². The standard InChI is InChI=1S/C19H27N5O2/c1-16-7-12-24(21-16)13-8-18(25)22(2)14-19(26)9-5-11-23(15-19)17-6-3-4-10-20-17/h3-4,6-7,10,12,26H,5,8-9,11,13-15H2,1-2H3. The van der Waals surface area contributed by atoms with E-state index in [4.69, 9.17) is 0 Å². The first kappa shape index (κ1) is 18.4. The van der Waals surface area contributed by atoms with E-state index < -0.39 is 5.60 Å². The Morgan fingerprint density at radius 2 is 2.23 bits per heavy atom. The Hall–Kier alpha value is -2.41. The van der Waals surface area contributed by atoms with Crippen LogP contribution in [-0.2, 0) is 11.3 Å². The predicted molar refractivity (Wildman–Crippen MR) is 99.9 cm³/mol. The number of aromatic nitrogens is 3. The van der Waals surface area contributed by atoms with Crippen LogP contribution in [0.1, 0.15) is 25.0 Å². The van der Waals surface area contributed by atoms with E-state index in [-0.39, 0.29) is 5.91 Å². The molecule has 1 saturated heterocycles. The highest BCUT2D eigenvalue weighted by Gasteiger charge is 2.35. The third kappa shape index (κ3) is 4.60. The Bertz CT molecular complexity index is 733. The van der Waals surface area contributed by atoms with Crippen LogP contribution in [0.25, 0.3) is 0 Å². The van der Waals surface area contributed by atoms with Gasteiger partial charge >= 0.3 is 0 Å². The highest BCUT2D eigenvalue weighted by Crippen LogP contribution is 2.25. The number of anilines is 1. The van der Waals surface area contributed by atoms with Gasteiger partial charge in [0.25, 0.3) is 0 Å². The summed E-state index contributed by atoms with van der Waals surface area (Å²) in [7, 11) is 1.76. The molecule has 3 rings (SSSR count). The Morgan fingerprint density at radius 3 is 2.92 bits per heavy atom. The van der Waals surface area contributed by atoms with Crippen molar-refractivity contribution in [3.05, 3.63) is 42.4 Å². The maximum atomic E-state index is 12.4. The first-order chi connectivity index (χ1) is 12.5. The number of hydrogen-bond acceptors (Lipinski definition) is 5. The average molecular weight is 357 g/mol. The van der Waals surface area contributed by atoms with E-state index in [9.17, 15) is 9.90 Å². The summed E-state index contributed by atoms with van der Waals surface area (Å²) in [6.07, 6.45) is 5.57. The number of nitrogens with zero attached hydrogens (tertiary/aromatic N) is 5. The van der Waals surface area contributed by atoms with E-state index in [2.05, 4.69) is 15.0 Å². The Balaban J connectivity index is 1.55. The van der Waals surface area contributed by atoms with Crippen molar-refractivity contribution in [3.8, 4) is 0 Å². The van der Waals surface area contributed by atoms with Crippen molar-refractivity contribution in [3.63, 3.8) is 0 Å². The van der Waals surface area contributed by atoms with Crippen molar-refractivity contribution < 1.29 is 9.90 Å². The van der Waals surface area contributed by atoms with E-state index in [1.54, 1.807) is 22.8 Å². The lowest BCUT2D eigenvalue weighted by Gasteiger charge is -2.41. The number of rotatable bonds is 6. The van der Waals surface area contributed by atoms with Crippen LogP contribution in [0.15, 0.2) is 36.7 Å². The highest BCUT2D eigenvalue weighted by atomic mass is 16.3. The summed E-state index contributed by atoms with van der Waals surface area (Å²) in [6.45, 7) is 4.16. The van der Waals surface area contributed by atoms with Crippen LogP contribution in [0, 0.1) is 6.92 Å². The highest BCUT2D eigenvalue weighted by molar-refractivity contribution is 5.75. The molecular formula is C19H27N5O2. The number of amides is 1. The third-order valence-electron chi connectivity index (χ3n) is 4.81. The number of carbonyl (C=O) groups is 1. The number of piperidine rings is 1. The smallest absolute Gasteiger partial charge is 0.224 e. The molecule has 0 aliphatic carbocycles. The summed E-state index contributed by atoms with van der Waals surface area (Å²) < 4.78 is 1.78. The molecule has 1 N–H and O–H groups in total. The molecule has 0 radical (unpaired) electrons. The van der Waals surface area contributed by atoms with Gasteiger partial charge in [-0.2, -0.15) is 5.10 Å². The zero-order valence-electron chi connectivity index (χ0n) is 15.5. The number of aryl methyl sites for hydroxylation is 2.